The molecule has 0 N–H and O–H groups in total. The van der Waals surface area contributed by atoms with E-state index in [-0.39, 0.29) is 29.0 Å². The fourth-order valence-corrected chi connectivity index (χ4v) is 4.93. The van der Waals surface area contributed by atoms with Crippen molar-refractivity contribution in [3.63, 3.8) is 0 Å². The predicted octanol–water partition coefficient (Wildman–Crippen LogP) is 9.09. The summed E-state index contributed by atoms with van der Waals surface area (Å²) in [6.45, 7) is 5.61. The van der Waals surface area contributed by atoms with Crippen LogP contribution in [-0.2, 0) is 0 Å². The minimum absolute atomic E-state index is 0.0824. The fourth-order valence-electron chi connectivity index (χ4n) is 4.93. The second-order valence-corrected chi connectivity index (χ2v) is 10.0. The van der Waals surface area contributed by atoms with E-state index in [1.165, 1.54) is 12.1 Å². The van der Waals surface area contributed by atoms with Gasteiger partial charge in [0.1, 0.15) is 17.3 Å². The molecule has 0 saturated heterocycles. The van der Waals surface area contributed by atoms with Crippen LogP contribution in [0.3, 0.4) is 0 Å². The van der Waals surface area contributed by atoms with Gasteiger partial charge in [-0.3, -0.25) is 0 Å². The number of ether oxygens (including phenoxy) is 3. The minimum Gasteiger partial charge on any atom is -0.494 e. The smallest absolute Gasteiger partial charge is 0.201 e. The van der Waals surface area contributed by atoms with Gasteiger partial charge in [0.25, 0.3) is 0 Å². The summed E-state index contributed by atoms with van der Waals surface area (Å²) in [5.74, 6) is -0.591. The Labute approximate surface area is 223 Å². The van der Waals surface area contributed by atoms with Crippen LogP contribution >= 0.6 is 0 Å². The molecular weight excluding hydrogens is 489 g/mol. The maximum Gasteiger partial charge on any atom is 0.201 e. The Bertz CT molecular complexity index is 1170. The average Bonchev–Trinajstić information content (AvgIpc) is 2.94. The highest BCUT2D eigenvalue weighted by Crippen LogP contribution is 2.38. The van der Waals surface area contributed by atoms with Crippen molar-refractivity contribution in [3.8, 4) is 28.4 Å². The molecule has 1 aliphatic rings. The van der Waals surface area contributed by atoms with Gasteiger partial charge in [-0.1, -0.05) is 38.5 Å². The molecule has 0 heterocycles. The molecule has 0 radical (unpaired) electrons. The molecule has 1 saturated carbocycles. The lowest BCUT2D eigenvalue weighted by Crippen LogP contribution is -2.20. The van der Waals surface area contributed by atoms with E-state index in [9.17, 15) is 13.2 Å². The summed E-state index contributed by atoms with van der Waals surface area (Å²) in [5.41, 5.74) is 1.48. The summed E-state index contributed by atoms with van der Waals surface area (Å²) in [6.07, 6.45) is 6.21. The molecule has 204 valence electrons. The number of hydrogen-bond acceptors (Lipinski definition) is 3. The minimum atomic E-state index is -0.981. The Morgan fingerprint density at radius 1 is 0.711 bits per heavy atom. The third-order valence-electron chi connectivity index (χ3n) is 7.18. The lowest BCUT2D eigenvalue weighted by atomic mass is 9.79. The molecule has 3 aromatic carbocycles. The van der Waals surface area contributed by atoms with Gasteiger partial charge in [0.05, 0.1) is 19.8 Å². The molecule has 4 rings (SSSR count). The van der Waals surface area contributed by atoms with Gasteiger partial charge >= 0.3 is 0 Å². The SMILES string of the molecule is CCCCOc1ccc(C2CCC(COc3ccc(-c4ccc(OCCC)cc4)c(F)c3F)CC2)c(F)c1. The Morgan fingerprint density at radius 3 is 2.11 bits per heavy atom. The lowest BCUT2D eigenvalue weighted by molar-refractivity contribution is 0.192. The van der Waals surface area contributed by atoms with Crippen molar-refractivity contribution in [2.45, 2.75) is 64.7 Å². The summed E-state index contributed by atoms with van der Waals surface area (Å²) in [6, 6.07) is 15.1. The van der Waals surface area contributed by atoms with Crippen LogP contribution in [0.2, 0.25) is 0 Å². The highest BCUT2D eigenvalue weighted by Gasteiger charge is 2.26. The summed E-state index contributed by atoms with van der Waals surface area (Å²) >= 11 is 0. The summed E-state index contributed by atoms with van der Waals surface area (Å²) in [4.78, 5) is 0. The van der Waals surface area contributed by atoms with E-state index in [0.29, 0.717) is 36.9 Å². The number of rotatable bonds is 12. The molecule has 0 aliphatic heterocycles. The second-order valence-electron chi connectivity index (χ2n) is 10.0. The van der Waals surface area contributed by atoms with Crippen molar-refractivity contribution >= 4 is 0 Å². The van der Waals surface area contributed by atoms with Crippen LogP contribution in [-0.4, -0.2) is 19.8 Å². The average molecular weight is 527 g/mol. The van der Waals surface area contributed by atoms with Crippen LogP contribution in [0, 0.1) is 23.4 Å². The van der Waals surface area contributed by atoms with Gasteiger partial charge in [0, 0.05) is 11.6 Å². The van der Waals surface area contributed by atoms with Gasteiger partial charge in [-0.2, -0.15) is 4.39 Å². The third-order valence-corrected chi connectivity index (χ3v) is 7.18. The van der Waals surface area contributed by atoms with Crippen LogP contribution in [0.15, 0.2) is 54.6 Å². The molecule has 0 aromatic heterocycles. The molecular formula is C32H37F3O3. The molecule has 38 heavy (non-hydrogen) atoms. The molecule has 0 amide bonds. The van der Waals surface area contributed by atoms with Gasteiger partial charge in [-0.25, -0.2) is 8.78 Å². The van der Waals surface area contributed by atoms with Crippen LogP contribution in [0.25, 0.3) is 11.1 Å². The number of unbranched alkanes of at least 4 members (excludes halogenated alkanes) is 1. The topological polar surface area (TPSA) is 27.7 Å². The van der Waals surface area contributed by atoms with E-state index in [0.717, 1.165) is 50.5 Å². The summed E-state index contributed by atoms with van der Waals surface area (Å²) in [5, 5.41) is 0. The Kier molecular flexibility index (Phi) is 9.97. The molecule has 3 nitrogen and oxygen atoms in total. The third kappa shape index (κ3) is 7.03. The zero-order valence-electron chi connectivity index (χ0n) is 22.3. The van der Waals surface area contributed by atoms with Crippen LogP contribution in [0.5, 0.6) is 17.2 Å². The zero-order chi connectivity index (χ0) is 26.9. The Balaban J connectivity index is 1.30. The molecule has 0 bridgehead atoms. The van der Waals surface area contributed by atoms with Gasteiger partial charge in [-0.05, 0) is 91.8 Å². The predicted molar refractivity (Wildman–Crippen MR) is 145 cm³/mol. The summed E-state index contributed by atoms with van der Waals surface area (Å²) < 4.78 is 61.3. The second kappa shape index (κ2) is 13.6. The highest BCUT2D eigenvalue weighted by atomic mass is 19.2. The Morgan fingerprint density at radius 2 is 1.42 bits per heavy atom. The molecule has 0 spiro atoms. The van der Waals surface area contributed by atoms with E-state index in [4.69, 9.17) is 14.2 Å². The Hall–Kier alpha value is -3.15. The standard InChI is InChI=1S/C32H37F3O3/c1-3-5-19-37-26-14-15-27(29(33)20-26)23-8-6-22(7-9-23)21-38-30-17-16-28(31(34)32(30)35)24-10-12-25(13-11-24)36-18-4-2/h10-17,20,22-23H,3-9,18-19,21H2,1-2H3. The van der Waals surface area contributed by atoms with Gasteiger partial charge in [0.15, 0.2) is 11.6 Å². The lowest BCUT2D eigenvalue weighted by Gasteiger charge is -2.29. The molecule has 6 heteroatoms. The zero-order valence-corrected chi connectivity index (χ0v) is 22.3. The van der Waals surface area contributed by atoms with Crippen molar-refractivity contribution in [2.75, 3.05) is 19.8 Å². The number of halogens is 3. The molecule has 1 fully saturated rings. The van der Waals surface area contributed by atoms with Gasteiger partial charge in [0.2, 0.25) is 5.82 Å². The number of hydrogen-bond donors (Lipinski definition) is 0. The quantitative estimate of drug-likeness (QED) is 0.220. The van der Waals surface area contributed by atoms with Crippen molar-refractivity contribution in [3.05, 3.63) is 77.6 Å². The maximum atomic E-state index is 14.9. The fraction of sp³-hybridized carbons (Fsp3) is 0.438. The first-order chi connectivity index (χ1) is 18.5. The van der Waals surface area contributed by atoms with E-state index in [1.54, 1.807) is 30.3 Å². The van der Waals surface area contributed by atoms with E-state index in [2.05, 4.69) is 6.92 Å². The molecule has 1 aliphatic carbocycles. The van der Waals surface area contributed by atoms with E-state index >= 15 is 0 Å². The van der Waals surface area contributed by atoms with Crippen LogP contribution < -0.4 is 14.2 Å². The summed E-state index contributed by atoms with van der Waals surface area (Å²) in [7, 11) is 0. The van der Waals surface area contributed by atoms with Crippen molar-refractivity contribution < 1.29 is 27.4 Å². The first kappa shape index (κ1) is 27.9. The van der Waals surface area contributed by atoms with Crippen molar-refractivity contribution in [1.29, 1.82) is 0 Å². The number of benzene rings is 3. The van der Waals surface area contributed by atoms with Gasteiger partial charge < -0.3 is 14.2 Å². The first-order valence-electron chi connectivity index (χ1n) is 13.8. The molecule has 0 atom stereocenters. The van der Waals surface area contributed by atoms with Crippen LogP contribution in [0.4, 0.5) is 13.2 Å². The van der Waals surface area contributed by atoms with Crippen molar-refractivity contribution in [1.82, 2.24) is 0 Å². The maximum absolute atomic E-state index is 14.9. The van der Waals surface area contributed by atoms with E-state index < -0.39 is 11.6 Å². The highest BCUT2D eigenvalue weighted by molar-refractivity contribution is 5.66. The largest absolute Gasteiger partial charge is 0.494 e. The monoisotopic (exact) mass is 526 g/mol. The van der Waals surface area contributed by atoms with Crippen LogP contribution in [0.1, 0.15) is 70.3 Å². The van der Waals surface area contributed by atoms with Gasteiger partial charge in [-0.15, -0.1) is 0 Å². The molecule has 3 aromatic rings. The van der Waals surface area contributed by atoms with E-state index in [1.807, 2.05) is 19.1 Å². The molecule has 0 unspecified atom stereocenters. The normalized spacial score (nSPS) is 17.3. The van der Waals surface area contributed by atoms with Crippen molar-refractivity contribution in [2.24, 2.45) is 5.92 Å². The first-order valence-corrected chi connectivity index (χ1v) is 13.8.